The quantitative estimate of drug-likeness (QED) is 0.742. The van der Waals surface area contributed by atoms with E-state index in [9.17, 15) is 0 Å². The van der Waals surface area contributed by atoms with Crippen LogP contribution in [0.15, 0.2) is 35.5 Å². The van der Waals surface area contributed by atoms with Crippen molar-refractivity contribution in [3.8, 4) is 5.95 Å². The third kappa shape index (κ3) is 2.48. The number of imidazole rings is 1. The maximum atomic E-state index is 6.28. The second kappa shape index (κ2) is 5.27. The van der Waals surface area contributed by atoms with E-state index >= 15 is 0 Å². The van der Waals surface area contributed by atoms with Gasteiger partial charge in [-0.25, -0.2) is 9.67 Å². The van der Waals surface area contributed by atoms with Crippen molar-refractivity contribution in [2.24, 2.45) is 0 Å². The van der Waals surface area contributed by atoms with Crippen LogP contribution in [0.25, 0.3) is 17.0 Å². The molecule has 0 saturated carbocycles. The molecule has 3 rings (SSSR count). The van der Waals surface area contributed by atoms with Crippen LogP contribution in [0, 0.1) is 0 Å². The Morgan fingerprint density at radius 3 is 3.05 bits per heavy atom. The molecule has 0 radical (unpaired) electrons. The van der Waals surface area contributed by atoms with Crippen molar-refractivity contribution in [3.63, 3.8) is 0 Å². The Morgan fingerprint density at radius 1 is 1.42 bits per heavy atom. The maximum Gasteiger partial charge on any atom is 0.229 e. The fourth-order valence-electron chi connectivity index (χ4n) is 1.82. The first kappa shape index (κ1) is 12.6. The molecule has 0 fully saturated rings. The second-order valence-electron chi connectivity index (χ2n) is 4.16. The molecule has 3 aromatic rings. The molecule has 19 heavy (non-hydrogen) atoms. The van der Waals surface area contributed by atoms with Crippen molar-refractivity contribution in [2.45, 2.75) is 18.2 Å². The normalized spacial score (nSPS) is 11.3. The first-order valence-electron chi connectivity index (χ1n) is 6.10. The van der Waals surface area contributed by atoms with E-state index in [0.29, 0.717) is 5.95 Å². The molecule has 98 valence electrons. The van der Waals surface area contributed by atoms with Crippen molar-refractivity contribution < 1.29 is 0 Å². The Bertz CT molecular complexity index is 690. The topological polar surface area (TPSA) is 46.5 Å². The molecule has 2 aromatic heterocycles. The van der Waals surface area contributed by atoms with Crippen LogP contribution in [0.3, 0.4) is 0 Å². The van der Waals surface area contributed by atoms with Crippen LogP contribution >= 0.6 is 23.4 Å². The Hall–Kier alpha value is -1.46. The van der Waals surface area contributed by atoms with Gasteiger partial charge in [0.15, 0.2) is 0 Å². The van der Waals surface area contributed by atoms with Gasteiger partial charge in [-0.05, 0) is 30.4 Å². The van der Waals surface area contributed by atoms with Crippen LogP contribution in [0.1, 0.15) is 13.3 Å². The van der Waals surface area contributed by atoms with Crippen molar-refractivity contribution >= 4 is 34.4 Å². The molecule has 0 unspecified atom stereocenters. The van der Waals surface area contributed by atoms with E-state index in [-0.39, 0.29) is 0 Å². The van der Waals surface area contributed by atoms with Crippen molar-refractivity contribution in [3.05, 3.63) is 35.6 Å². The average Bonchev–Trinajstić information content (AvgIpc) is 3.04. The van der Waals surface area contributed by atoms with E-state index in [2.05, 4.69) is 22.0 Å². The number of aromatic amines is 1. The fraction of sp³-hybridized carbons (Fsp3) is 0.231. The molecular formula is C13H13ClN4S. The molecule has 0 aliphatic heterocycles. The van der Waals surface area contributed by atoms with E-state index in [0.717, 1.165) is 33.1 Å². The van der Waals surface area contributed by atoms with Gasteiger partial charge in [0.2, 0.25) is 5.95 Å². The van der Waals surface area contributed by atoms with Gasteiger partial charge in [-0.15, -0.1) is 11.8 Å². The zero-order valence-electron chi connectivity index (χ0n) is 10.4. The molecule has 0 saturated heterocycles. The highest BCUT2D eigenvalue weighted by Gasteiger charge is 2.09. The highest BCUT2D eigenvalue weighted by molar-refractivity contribution is 7.99. The predicted molar refractivity (Wildman–Crippen MR) is 79.2 cm³/mol. The number of aromatic nitrogens is 4. The summed E-state index contributed by atoms with van der Waals surface area (Å²) in [4.78, 5) is 8.83. The van der Waals surface area contributed by atoms with E-state index in [4.69, 9.17) is 11.6 Å². The highest BCUT2D eigenvalue weighted by atomic mass is 35.5. The molecule has 0 aliphatic carbocycles. The average molecular weight is 293 g/mol. The smallest absolute Gasteiger partial charge is 0.229 e. The van der Waals surface area contributed by atoms with Gasteiger partial charge in [0.25, 0.3) is 0 Å². The number of rotatable bonds is 4. The maximum absolute atomic E-state index is 6.28. The number of H-pyrrole nitrogens is 1. The summed E-state index contributed by atoms with van der Waals surface area (Å²) in [5, 5.41) is 4.93. The molecule has 0 aliphatic rings. The zero-order valence-corrected chi connectivity index (χ0v) is 12.0. The lowest BCUT2D eigenvalue weighted by Crippen LogP contribution is -1.95. The lowest BCUT2D eigenvalue weighted by atomic mass is 10.3. The van der Waals surface area contributed by atoms with Gasteiger partial charge in [0, 0.05) is 17.3 Å². The summed E-state index contributed by atoms with van der Waals surface area (Å²) >= 11 is 8.04. The zero-order chi connectivity index (χ0) is 13.2. The number of thioether (sulfide) groups is 1. The highest BCUT2D eigenvalue weighted by Crippen LogP contribution is 2.31. The summed E-state index contributed by atoms with van der Waals surface area (Å²) in [6.45, 7) is 2.16. The SMILES string of the molecule is CCCSc1cc2nc(-n3cccn3)[nH]c2cc1Cl. The van der Waals surface area contributed by atoms with Crippen LogP contribution in [0.5, 0.6) is 0 Å². The van der Waals surface area contributed by atoms with Crippen molar-refractivity contribution in [2.75, 3.05) is 5.75 Å². The van der Waals surface area contributed by atoms with E-state index in [1.165, 1.54) is 0 Å². The van der Waals surface area contributed by atoms with E-state index < -0.39 is 0 Å². The van der Waals surface area contributed by atoms with Gasteiger partial charge in [-0.1, -0.05) is 18.5 Å². The Morgan fingerprint density at radius 2 is 2.32 bits per heavy atom. The summed E-state index contributed by atoms with van der Waals surface area (Å²) in [6, 6.07) is 5.82. The van der Waals surface area contributed by atoms with Crippen LogP contribution in [-0.2, 0) is 0 Å². The number of nitrogens with one attached hydrogen (secondary N) is 1. The molecule has 1 aromatic carbocycles. The molecule has 1 N–H and O–H groups in total. The standard InChI is InChI=1S/C13H13ClN4S/c1-2-6-19-12-8-11-10(7-9(12)14)16-13(17-11)18-5-3-4-15-18/h3-5,7-8H,2,6H2,1H3,(H,16,17). The van der Waals surface area contributed by atoms with Gasteiger partial charge in [0.05, 0.1) is 16.1 Å². The van der Waals surface area contributed by atoms with E-state index in [1.54, 1.807) is 22.6 Å². The molecular weight excluding hydrogens is 280 g/mol. The van der Waals surface area contributed by atoms with Gasteiger partial charge >= 0.3 is 0 Å². The lowest BCUT2D eigenvalue weighted by Gasteiger charge is -2.02. The minimum Gasteiger partial charge on any atom is -0.322 e. The molecule has 0 atom stereocenters. The fourth-order valence-corrected chi connectivity index (χ4v) is 2.97. The third-order valence-corrected chi connectivity index (χ3v) is 4.39. The van der Waals surface area contributed by atoms with Gasteiger partial charge in [0.1, 0.15) is 0 Å². The summed E-state index contributed by atoms with van der Waals surface area (Å²) in [5.41, 5.74) is 1.84. The van der Waals surface area contributed by atoms with Crippen LogP contribution in [0.4, 0.5) is 0 Å². The van der Waals surface area contributed by atoms with Gasteiger partial charge < -0.3 is 4.98 Å². The first-order chi connectivity index (χ1) is 9.28. The summed E-state index contributed by atoms with van der Waals surface area (Å²) in [5.74, 6) is 1.76. The van der Waals surface area contributed by atoms with Crippen molar-refractivity contribution in [1.82, 2.24) is 19.7 Å². The second-order valence-corrected chi connectivity index (χ2v) is 5.70. The molecule has 2 heterocycles. The largest absolute Gasteiger partial charge is 0.322 e. The lowest BCUT2D eigenvalue weighted by molar-refractivity contribution is 0.829. The number of hydrogen-bond acceptors (Lipinski definition) is 3. The van der Waals surface area contributed by atoms with Gasteiger partial charge in [-0.2, -0.15) is 5.10 Å². The predicted octanol–water partition coefficient (Wildman–Crippen LogP) is 3.90. The molecule has 0 amide bonds. The number of fused-ring (bicyclic) bond motifs is 1. The minimum atomic E-state index is 0.703. The van der Waals surface area contributed by atoms with Crippen LogP contribution < -0.4 is 0 Å². The Kier molecular flexibility index (Phi) is 3.48. The third-order valence-electron chi connectivity index (χ3n) is 2.71. The van der Waals surface area contributed by atoms with Crippen molar-refractivity contribution in [1.29, 1.82) is 0 Å². The Labute approximate surface area is 120 Å². The summed E-state index contributed by atoms with van der Waals surface area (Å²) in [7, 11) is 0. The van der Waals surface area contributed by atoms with Crippen LogP contribution in [0.2, 0.25) is 5.02 Å². The summed E-state index contributed by atoms with van der Waals surface area (Å²) in [6.07, 6.45) is 4.70. The Balaban J connectivity index is 2.03. The molecule has 4 nitrogen and oxygen atoms in total. The molecule has 0 spiro atoms. The number of hydrogen-bond donors (Lipinski definition) is 1. The van der Waals surface area contributed by atoms with E-state index in [1.807, 2.05) is 24.4 Å². The minimum absolute atomic E-state index is 0.703. The number of nitrogens with zero attached hydrogens (tertiary/aromatic N) is 3. The monoisotopic (exact) mass is 292 g/mol. The first-order valence-corrected chi connectivity index (χ1v) is 7.46. The molecule has 0 bridgehead atoms. The number of benzene rings is 1. The number of halogens is 1. The van der Waals surface area contributed by atoms with Gasteiger partial charge in [-0.3, -0.25) is 0 Å². The van der Waals surface area contributed by atoms with Crippen LogP contribution in [-0.4, -0.2) is 25.5 Å². The molecule has 6 heteroatoms. The summed E-state index contributed by atoms with van der Waals surface area (Å²) < 4.78 is 1.70.